The third kappa shape index (κ3) is 2.25. The summed E-state index contributed by atoms with van der Waals surface area (Å²) >= 11 is 1.44. The van der Waals surface area contributed by atoms with E-state index in [9.17, 15) is 9.59 Å². The van der Waals surface area contributed by atoms with Crippen LogP contribution >= 0.6 is 11.8 Å². The second-order valence-corrected chi connectivity index (χ2v) is 5.57. The summed E-state index contributed by atoms with van der Waals surface area (Å²) in [7, 11) is 2.84. The molecule has 1 N–H and O–H groups in total. The van der Waals surface area contributed by atoms with Crippen LogP contribution in [0, 0.1) is 0 Å². The number of carbonyl (C=O) groups is 2. The lowest BCUT2D eigenvalue weighted by atomic mass is 10.2. The molecule has 1 aliphatic rings. The summed E-state index contributed by atoms with van der Waals surface area (Å²) in [6.07, 6.45) is -1.09. The smallest absolute Gasteiger partial charge is 0.409 e. The van der Waals surface area contributed by atoms with Gasteiger partial charge in [0.15, 0.2) is 0 Å². The molecule has 1 heterocycles. The lowest BCUT2D eigenvalue weighted by Crippen LogP contribution is -2.52. The first-order valence-electron chi connectivity index (χ1n) is 4.79. The molecule has 0 aromatic heterocycles. The Morgan fingerprint density at radius 1 is 1.56 bits per heavy atom. The van der Waals surface area contributed by atoms with Crippen LogP contribution in [-0.2, 0) is 9.63 Å². The van der Waals surface area contributed by atoms with Crippen molar-refractivity contribution in [2.45, 2.75) is 24.8 Å². The number of nitrogens with zero attached hydrogens (tertiary/aromatic N) is 2. The Bertz CT molecular complexity index is 308. The van der Waals surface area contributed by atoms with Crippen molar-refractivity contribution in [1.29, 1.82) is 0 Å². The van der Waals surface area contributed by atoms with Gasteiger partial charge in [-0.25, -0.2) is 9.86 Å². The fourth-order valence-electron chi connectivity index (χ4n) is 1.65. The molecule has 0 aromatic rings. The summed E-state index contributed by atoms with van der Waals surface area (Å²) in [6, 6.07) is -0.678. The maximum Gasteiger partial charge on any atom is 0.409 e. The van der Waals surface area contributed by atoms with Crippen molar-refractivity contribution in [2.24, 2.45) is 0 Å². The SMILES string of the molecule is CON(C)C(=O)C1CSC(C)(C)N1C(=O)O. The predicted octanol–water partition coefficient (Wildman–Crippen LogP) is 0.838. The largest absolute Gasteiger partial charge is 0.465 e. The summed E-state index contributed by atoms with van der Waals surface area (Å²) in [6.45, 7) is 3.57. The van der Waals surface area contributed by atoms with E-state index in [-0.39, 0.29) is 5.91 Å². The topological polar surface area (TPSA) is 70.1 Å². The molecule has 0 saturated carbocycles. The van der Waals surface area contributed by atoms with Gasteiger partial charge in [0.05, 0.1) is 12.0 Å². The van der Waals surface area contributed by atoms with Crippen LogP contribution in [0.5, 0.6) is 0 Å². The molecule has 92 valence electrons. The minimum atomic E-state index is -1.09. The molecule has 1 atom stereocenters. The average Bonchev–Trinajstić information content (AvgIpc) is 2.51. The lowest BCUT2D eigenvalue weighted by molar-refractivity contribution is -0.173. The van der Waals surface area contributed by atoms with E-state index in [1.165, 1.54) is 30.8 Å². The molecule has 0 bridgehead atoms. The quantitative estimate of drug-likeness (QED) is 0.733. The number of carboxylic acid groups (broad SMARTS) is 1. The van der Waals surface area contributed by atoms with E-state index in [1.807, 2.05) is 0 Å². The van der Waals surface area contributed by atoms with Gasteiger partial charge in [0.1, 0.15) is 6.04 Å². The number of rotatable bonds is 2. The highest BCUT2D eigenvalue weighted by atomic mass is 32.2. The van der Waals surface area contributed by atoms with Gasteiger partial charge < -0.3 is 5.11 Å². The number of hydroxylamine groups is 2. The molecular formula is C9H16N2O4S. The zero-order valence-corrected chi connectivity index (χ0v) is 10.6. The minimum absolute atomic E-state index is 0.344. The highest BCUT2D eigenvalue weighted by molar-refractivity contribution is 8.00. The summed E-state index contributed by atoms with van der Waals surface area (Å²) in [5, 5.41) is 10.2. The van der Waals surface area contributed by atoms with E-state index in [2.05, 4.69) is 0 Å². The van der Waals surface area contributed by atoms with E-state index < -0.39 is 17.0 Å². The molecule has 1 saturated heterocycles. The second-order valence-electron chi connectivity index (χ2n) is 3.94. The number of likely N-dealkylation sites (N-methyl/N-ethyl adjacent to an activating group) is 1. The third-order valence-corrected chi connectivity index (χ3v) is 3.95. The van der Waals surface area contributed by atoms with Crippen molar-refractivity contribution in [3.63, 3.8) is 0 Å². The van der Waals surface area contributed by atoms with Crippen LogP contribution in [0.25, 0.3) is 0 Å². The van der Waals surface area contributed by atoms with Crippen LogP contribution in [0.2, 0.25) is 0 Å². The molecule has 1 rings (SSSR count). The first kappa shape index (κ1) is 13.1. The van der Waals surface area contributed by atoms with E-state index in [0.717, 1.165) is 5.06 Å². The maximum absolute atomic E-state index is 11.9. The van der Waals surface area contributed by atoms with Crippen LogP contribution in [0.15, 0.2) is 0 Å². The maximum atomic E-state index is 11.9. The van der Waals surface area contributed by atoms with Crippen molar-refractivity contribution in [1.82, 2.24) is 9.96 Å². The molecule has 0 radical (unpaired) electrons. The van der Waals surface area contributed by atoms with Crippen LogP contribution in [-0.4, -0.2) is 57.9 Å². The van der Waals surface area contributed by atoms with Crippen LogP contribution in [0.4, 0.5) is 4.79 Å². The van der Waals surface area contributed by atoms with Gasteiger partial charge in [-0.2, -0.15) is 0 Å². The van der Waals surface area contributed by atoms with Gasteiger partial charge in [-0.05, 0) is 13.8 Å². The molecule has 1 aliphatic heterocycles. The molecule has 16 heavy (non-hydrogen) atoms. The van der Waals surface area contributed by atoms with E-state index in [4.69, 9.17) is 9.94 Å². The lowest BCUT2D eigenvalue weighted by Gasteiger charge is -2.32. The molecule has 6 nitrogen and oxygen atoms in total. The fraction of sp³-hybridized carbons (Fsp3) is 0.778. The van der Waals surface area contributed by atoms with Crippen molar-refractivity contribution < 1.29 is 19.5 Å². The number of hydrogen-bond donors (Lipinski definition) is 1. The van der Waals surface area contributed by atoms with Crippen molar-refractivity contribution in [2.75, 3.05) is 19.9 Å². The Morgan fingerprint density at radius 2 is 2.12 bits per heavy atom. The van der Waals surface area contributed by atoms with Gasteiger partial charge in [0.2, 0.25) is 0 Å². The highest BCUT2D eigenvalue weighted by Gasteiger charge is 2.47. The molecule has 1 unspecified atom stereocenters. The number of carbonyl (C=O) groups excluding carboxylic acids is 1. The Morgan fingerprint density at radius 3 is 2.56 bits per heavy atom. The average molecular weight is 248 g/mol. The number of amides is 2. The van der Waals surface area contributed by atoms with Crippen molar-refractivity contribution in [3.8, 4) is 0 Å². The van der Waals surface area contributed by atoms with E-state index >= 15 is 0 Å². The van der Waals surface area contributed by atoms with Gasteiger partial charge in [-0.15, -0.1) is 11.8 Å². The van der Waals surface area contributed by atoms with Crippen molar-refractivity contribution >= 4 is 23.8 Å². The van der Waals surface area contributed by atoms with Gasteiger partial charge in [0, 0.05) is 12.8 Å². The monoisotopic (exact) mass is 248 g/mol. The third-order valence-electron chi connectivity index (χ3n) is 2.56. The van der Waals surface area contributed by atoms with Crippen LogP contribution < -0.4 is 0 Å². The standard InChI is InChI=1S/C9H16N2O4S/c1-9(2)11(8(13)14)6(5-16-9)7(12)10(3)15-4/h6H,5H2,1-4H3,(H,13,14). The zero-order valence-electron chi connectivity index (χ0n) is 9.76. The molecule has 1 fully saturated rings. The molecule has 0 aliphatic carbocycles. The fourth-order valence-corrected chi connectivity index (χ4v) is 2.85. The van der Waals surface area contributed by atoms with Gasteiger partial charge in [-0.3, -0.25) is 14.5 Å². The van der Waals surface area contributed by atoms with Crippen LogP contribution in [0.1, 0.15) is 13.8 Å². The Balaban J connectivity index is 2.90. The Labute approximate surface area is 98.5 Å². The highest BCUT2D eigenvalue weighted by Crippen LogP contribution is 2.39. The van der Waals surface area contributed by atoms with Gasteiger partial charge in [0.25, 0.3) is 5.91 Å². The summed E-state index contributed by atoms with van der Waals surface area (Å²) < 4.78 is 0. The molecular weight excluding hydrogens is 232 g/mol. The molecule has 0 aromatic carbocycles. The van der Waals surface area contributed by atoms with Gasteiger partial charge in [-0.1, -0.05) is 0 Å². The number of hydrogen-bond acceptors (Lipinski definition) is 4. The minimum Gasteiger partial charge on any atom is -0.465 e. The Hall–Kier alpha value is -0.950. The predicted molar refractivity (Wildman–Crippen MR) is 60.0 cm³/mol. The molecule has 0 spiro atoms. The van der Waals surface area contributed by atoms with E-state index in [1.54, 1.807) is 13.8 Å². The summed E-state index contributed by atoms with van der Waals surface area (Å²) in [5.74, 6) is 0.106. The first-order valence-corrected chi connectivity index (χ1v) is 5.77. The summed E-state index contributed by atoms with van der Waals surface area (Å²) in [4.78, 5) is 28.4. The normalized spacial score (nSPS) is 23.2. The first-order chi connectivity index (χ1) is 7.31. The van der Waals surface area contributed by atoms with Gasteiger partial charge >= 0.3 is 6.09 Å². The number of thioether (sulfide) groups is 1. The van der Waals surface area contributed by atoms with Crippen molar-refractivity contribution in [3.05, 3.63) is 0 Å². The molecule has 2 amide bonds. The second kappa shape index (κ2) is 4.50. The Kier molecular flexibility index (Phi) is 3.69. The molecule has 7 heteroatoms. The van der Waals surface area contributed by atoms with Crippen LogP contribution in [0.3, 0.4) is 0 Å². The zero-order chi connectivity index (χ0) is 12.5. The summed E-state index contributed by atoms with van der Waals surface area (Å²) in [5.41, 5.74) is 0. The van der Waals surface area contributed by atoms with E-state index in [0.29, 0.717) is 5.75 Å².